The van der Waals surface area contributed by atoms with Gasteiger partial charge in [-0.2, -0.15) is 4.31 Å². The lowest BCUT2D eigenvalue weighted by Crippen LogP contribution is -2.52. The van der Waals surface area contributed by atoms with Gasteiger partial charge in [0.15, 0.2) is 0 Å². The summed E-state index contributed by atoms with van der Waals surface area (Å²) in [4.78, 5) is 27.9. The maximum Gasteiger partial charge on any atom is 0.243 e. The Kier molecular flexibility index (Phi) is 10.1. The van der Waals surface area contributed by atoms with Crippen molar-refractivity contribution in [3.8, 4) is 0 Å². The molecule has 1 unspecified atom stereocenters. The van der Waals surface area contributed by atoms with Gasteiger partial charge in [-0.1, -0.05) is 60.1 Å². The molecule has 0 spiro atoms. The van der Waals surface area contributed by atoms with Gasteiger partial charge in [-0.25, -0.2) is 8.42 Å². The smallest absolute Gasteiger partial charge is 0.243 e. The van der Waals surface area contributed by atoms with Crippen molar-refractivity contribution < 1.29 is 18.0 Å². The quantitative estimate of drug-likeness (QED) is 0.450. The molecule has 2 aromatic carbocycles. The maximum absolute atomic E-state index is 13.5. The molecular weight excluding hydrogens is 545 g/mol. The van der Waals surface area contributed by atoms with Crippen LogP contribution in [0.4, 0.5) is 0 Å². The maximum atomic E-state index is 13.5. The molecule has 2 aromatic rings. The number of amides is 2. The molecule has 1 N–H and O–H groups in total. The van der Waals surface area contributed by atoms with Gasteiger partial charge in [0.2, 0.25) is 21.8 Å². The second-order valence-corrected chi connectivity index (χ2v) is 12.3. The molecule has 1 fully saturated rings. The number of likely N-dealkylation sites (N-methyl/N-ethyl adjacent to an activating group) is 1. The highest BCUT2D eigenvalue weighted by Gasteiger charge is 2.32. The number of rotatable bonds is 9. The van der Waals surface area contributed by atoms with Crippen LogP contribution < -0.4 is 5.32 Å². The van der Waals surface area contributed by atoms with E-state index in [0.717, 1.165) is 36.4 Å². The summed E-state index contributed by atoms with van der Waals surface area (Å²) in [6.07, 6.45) is 5.02. The summed E-state index contributed by atoms with van der Waals surface area (Å²) in [7, 11) is -2.65. The lowest BCUT2D eigenvalue weighted by Gasteiger charge is -2.32. The third-order valence-corrected chi connectivity index (χ3v) is 9.17. The minimum atomic E-state index is -3.97. The number of nitrogens with one attached hydrogen (secondary N) is 1. The Morgan fingerprint density at radius 3 is 2.17 bits per heavy atom. The molecule has 7 nitrogen and oxygen atoms in total. The summed E-state index contributed by atoms with van der Waals surface area (Å²) >= 11 is 18.6. The fourth-order valence-electron chi connectivity index (χ4n) is 4.16. The summed E-state index contributed by atoms with van der Waals surface area (Å²) in [5.41, 5.74) is 0.481. The molecule has 0 aliphatic heterocycles. The van der Waals surface area contributed by atoms with E-state index >= 15 is 0 Å². The fraction of sp³-hybridized carbons (Fsp3) is 0.440. The predicted molar refractivity (Wildman–Crippen MR) is 143 cm³/mol. The average molecular weight is 575 g/mol. The molecular formula is C25H30Cl3N3O4S. The van der Waals surface area contributed by atoms with Gasteiger partial charge >= 0.3 is 0 Å². The largest absolute Gasteiger partial charge is 0.352 e. The summed E-state index contributed by atoms with van der Waals surface area (Å²) < 4.78 is 27.0. The molecule has 0 bridgehead atoms. The van der Waals surface area contributed by atoms with Crippen LogP contribution in [0.25, 0.3) is 0 Å². The topological polar surface area (TPSA) is 86.8 Å². The van der Waals surface area contributed by atoms with Crippen molar-refractivity contribution in [2.75, 3.05) is 13.6 Å². The molecule has 1 atom stereocenters. The average Bonchev–Trinajstić information content (AvgIpc) is 2.84. The second-order valence-electron chi connectivity index (χ2n) is 8.96. The number of sulfonamides is 1. The Bertz CT molecular complexity index is 1170. The zero-order valence-electron chi connectivity index (χ0n) is 20.2. The van der Waals surface area contributed by atoms with Crippen LogP contribution in [0.1, 0.15) is 44.6 Å². The number of carbonyl (C=O) groups excluding carboxylic acids is 2. The molecule has 0 saturated heterocycles. The van der Waals surface area contributed by atoms with E-state index in [2.05, 4.69) is 5.32 Å². The molecule has 11 heteroatoms. The zero-order valence-corrected chi connectivity index (χ0v) is 23.3. The van der Waals surface area contributed by atoms with Crippen molar-refractivity contribution in [2.45, 2.75) is 62.6 Å². The number of hydrogen-bond acceptors (Lipinski definition) is 4. The molecule has 36 heavy (non-hydrogen) atoms. The summed E-state index contributed by atoms with van der Waals surface area (Å²) in [6, 6.07) is 9.85. The predicted octanol–water partition coefficient (Wildman–Crippen LogP) is 5.13. The molecule has 1 aliphatic carbocycles. The van der Waals surface area contributed by atoms with Crippen LogP contribution in [0.3, 0.4) is 0 Å². The molecule has 2 amide bonds. The van der Waals surface area contributed by atoms with Crippen LogP contribution in [0.2, 0.25) is 15.1 Å². The van der Waals surface area contributed by atoms with Crippen molar-refractivity contribution in [1.82, 2.24) is 14.5 Å². The molecule has 0 aromatic heterocycles. The van der Waals surface area contributed by atoms with E-state index < -0.39 is 28.5 Å². The van der Waals surface area contributed by atoms with E-state index in [9.17, 15) is 18.0 Å². The van der Waals surface area contributed by atoms with Gasteiger partial charge in [0.1, 0.15) is 6.04 Å². The van der Waals surface area contributed by atoms with Crippen molar-refractivity contribution in [3.05, 3.63) is 63.1 Å². The van der Waals surface area contributed by atoms with Crippen LogP contribution >= 0.6 is 34.8 Å². The lowest BCUT2D eigenvalue weighted by atomic mass is 9.95. The second kappa shape index (κ2) is 12.6. The Hall–Kier alpha value is -1.84. The molecule has 196 valence electrons. The minimum Gasteiger partial charge on any atom is -0.352 e. The summed E-state index contributed by atoms with van der Waals surface area (Å²) in [6.45, 7) is 1.09. The fourth-order valence-corrected chi connectivity index (χ4v) is 5.92. The SMILES string of the molecule is CC(C(=O)NC1CCCCC1)N(Cc1c(Cl)cccc1Cl)C(=O)CN(C)S(=O)(=O)c1ccc(Cl)cc1. The van der Waals surface area contributed by atoms with E-state index in [1.54, 1.807) is 25.1 Å². The lowest BCUT2D eigenvalue weighted by molar-refractivity contribution is -0.141. The number of halogens is 3. The first kappa shape index (κ1) is 28.7. The van der Waals surface area contributed by atoms with Gasteiger partial charge in [-0.05, 0) is 56.2 Å². The number of hydrogen-bond donors (Lipinski definition) is 1. The van der Waals surface area contributed by atoms with Crippen molar-refractivity contribution in [2.24, 2.45) is 0 Å². The highest BCUT2D eigenvalue weighted by Crippen LogP contribution is 2.27. The monoisotopic (exact) mass is 573 g/mol. The van der Waals surface area contributed by atoms with Crippen LogP contribution in [-0.2, 0) is 26.2 Å². The summed E-state index contributed by atoms with van der Waals surface area (Å²) in [5.74, 6) is -0.862. The zero-order chi connectivity index (χ0) is 26.5. The third-order valence-electron chi connectivity index (χ3n) is 6.39. The van der Waals surface area contributed by atoms with Gasteiger partial charge in [0, 0.05) is 40.3 Å². The normalized spacial score (nSPS) is 15.5. The van der Waals surface area contributed by atoms with E-state index in [4.69, 9.17) is 34.8 Å². The van der Waals surface area contributed by atoms with Crippen molar-refractivity contribution in [1.29, 1.82) is 0 Å². The van der Waals surface area contributed by atoms with Gasteiger partial charge in [0.25, 0.3) is 0 Å². The van der Waals surface area contributed by atoms with E-state index in [-0.39, 0.29) is 23.4 Å². The van der Waals surface area contributed by atoms with Crippen LogP contribution in [0, 0.1) is 0 Å². The standard InChI is InChI=1S/C25H30Cl3N3O4S/c1-17(25(33)29-19-7-4-3-5-8-19)31(15-21-22(27)9-6-10-23(21)28)24(32)16-30(2)36(34,35)20-13-11-18(26)12-14-20/h6,9-14,17,19H,3-5,7-8,15-16H2,1-2H3,(H,29,33). The first-order chi connectivity index (χ1) is 17.0. The Morgan fingerprint density at radius 2 is 1.58 bits per heavy atom. The Balaban J connectivity index is 1.83. The number of benzene rings is 2. The number of nitrogens with zero attached hydrogens (tertiary/aromatic N) is 2. The van der Waals surface area contributed by atoms with Gasteiger partial charge < -0.3 is 10.2 Å². The molecule has 0 radical (unpaired) electrons. The van der Waals surface area contributed by atoms with E-state index in [1.165, 1.54) is 36.2 Å². The molecule has 3 rings (SSSR count). The van der Waals surface area contributed by atoms with E-state index in [1.807, 2.05) is 0 Å². The van der Waals surface area contributed by atoms with Crippen LogP contribution in [0.15, 0.2) is 47.4 Å². The first-order valence-corrected chi connectivity index (χ1v) is 14.3. The van der Waals surface area contributed by atoms with E-state index in [0.29, 0.717) is 20.6 Å². The number of carbonyl (C=O) groups is 2. The Morgan fingerprint density at radius 1 is 1.00 bits per heavy atom. The highest BCUT2D eigenvalue weighted by atomic mass is 35.5. The van der Waals surface area contributed by atoms with Gasteiger partial charge in [-0.3, -0.25) is 9.59 Å². The van der Waals surface area contributed by atoms with Gasteiger partial charge in [-0.15, -0.1) is 0 Å². The minimum absolute atomic E-state index is 0.00554. The van der Waals surface area contributed by atoms with Gasteiger partial charge in [0.05, 0.1) is 11.4 Å². The summed E-state index contributed by atoms with van der Waals surface area (Å²) in [5, 5.41) is 4.14. The molecule has 1 saturated carbocycles. The first-order valence-electron chi connectivity index (χ1n) is 11.8. The van der Waals surface area contributed by atoms with Crippen LogP contribution in [0.5, 0.6) is 0 Å². The van der Waals surface area contributed by atoms with Crippen molar-refractivity contribution >= 4 is 56.6 Å². The van der Waals surface area contributed by atoms with Crippen LogP contribution in [-0.4, -0.2) is 55.1 Å². The van der Waals surface area contributed by atoms with Crippen molar-refractivity contribution in [3.63, 3.8) is 0 Å². The molecule has 1 aliphatic rings. The Labute approximate surface area is 227 Å². The third kappa shape index (κ3) is 7.13. The molecule has 0 heterocycles. The highest BCUT2D eigenvalue weighted by molar-refractivity contribution is 7.89.